The normalized spacial score (nSPS) is 20.8. The maximum atomic E-state index is 6.05. The lowest BCUT2D eigenvalue weighted by Gasteiger charge is -2.25. The van der Waals surface area contributed by atoms with E-state index in [0.717, 1.165) is 17.3 Å². The van der Waals surface area contributed by atoms with E-state index in [1.54, 1.807) is 0 Å². The average Bonchev–Trinajstić information content (AvgIpc) is 2.33. The molecule has 0 aromatic heterocycles. The molecule has 1 atom stereocenters. The average molecular weight is 240 g/mol. The van der Waals surface area contributed by atoms with Crippen molar-refractivity contribution < 1.29 is 4.74 Å². The van der Waals surface area contributed by atoms with Crippen LogP contribution in [-0.4, -0.2) is 13.2 Å². The Morgan fingerprint density at radius 1 is 1.44 bits per heavy atom. The van der Waals surface area contributed by atoms with Gasteiger partial charge in [0.15, 0.2) is 0 Å². The maximum Gasteiger partial charge on any atom is 0.124 e. The molecular weight excluding hydrogens is 222 g/mol. The third-order valence-corrected chi connectivity index (χ3v) is 3.19. The molecule has 1 aliphatic heterocycles. The van der Waals surface area contributed by atoms with E-state index in [1.165, 1.54) is 24.8 Å². The Kier molecular flexibility index (Phi) is 4.08. The molecule has 1 aromatic rings. The van der Waals surface area contributed by atoms with Crippen LogP contribution in [-0.2, 0) is 0 Å². The molecular formula is C13H18ClNO. The predicted molar refractivity (Wildman–Crippen MR) is 67.2 cm³/mol. The van der Waals surface area contributed by atoms with Crippen LogP contribution in [0, 0.1) is 0 Å². The number of hydrogen-bond acceptors (Lipinski definition) is 2. The van der Waals surface area contributed by atoms with Crippen molar-refractivity contribution in [2.24, 2.45) is 0 Å². The lowest BCUT2D eigenvalue weighted by molar-refractivity contribution is 0.324. The van der Waals surface area contributed by atoms with E-state index in [9.17, 15) is 0 Å². The van der Waals surface area contributed by atoms with Crippen molar-refractivity contribution in [3.63, 3.8) is 0 Å². The first-order valence-electron chi connectivity index (χ1n) is 5.97. The first-order chi connectivity index (χ1) is 7.81. The van der Waals surface area contributed by atoms with E-state index >= 15 is 0 Å². The molecule has 2 nitrogen and oxygen atoms in total. The number of rotatable bonds is 3. The summed E-state index contributed by atoms with van der Waals surface area (Å²) in [7, 11) is 0. The highest BCUT2D eigenvalue weighted by atomic mass is 35.5. The van der Waals surface area contributed by atoms with Crippen LogP contribution in [0.3, 0.4) is 0 Å². The van der Waals surface area contributed by atoms with Gasteiger partial charge in [-0.3, -0.25) is 0 Å². The van der Waals surface area contributed by atoms with Gasteiger partial charge in [-0.2, -0.15) is 0 Å². The summed E-state index contributed by atoms with van der Waals surface area (Å²) in [4.78, 5) is 0. The third kappa shape index (κ3) is 2.69. The van der Waals surface area contributed by atoms with Gasteiger partial charge < -0.3 is 10.1 Å². The molecule has 1 saturated heterocycles. The Bertz CT molecular complexity index is 348. The second-order valence-electron chi connectivity index (χ2n) is 4.12. The highest BCUT2D eigenvalue weighted by molar-refractivity contribution is 6.30. The van der Waals surface area contributed by atoms with Crippen molar-refractivity contribution in [1.82, 2.24) is 5.32 Å². The zero-order chi connectivity index (χ0) is 11.4. The molecule has 88 valence electrons. The molecule has 0 aliphatic carbocycles. The minimum absolute atomic E-state index is 0.397. The Labute approximate surface area is 102 Å². The third-order valence-electron chi connectivity index (χ3n) is 2.96. The number of halogens is 1. The van der Waals surface area contributed by atoms with Gasteiger partial charge in [-0.05, 0) is 44.5 Å². The summed E-state index contributed by atoms with van der Waals surface area (Å²) in [5.74, 6) is 0.964. The molecule has 1 N–H and O–H groups in total. The van der Waals surface area contributed by atoms with Crippen LogP contribution in [0.1, 0.15) is 37.8 Å². The first-order valence-corrected chi connectivity index (χ1v) is 6.34. The lowest BCUT2D eigenvalue weighted by Crippen LogP contribution is -2.27. The van der Waals surface area contributed by atoms with Crippen LogP contribution < -0.4 is 10.1 Å². The summed E-state index contributed by atoms with van der Waals surface area (Å²) in [6.45, 7) is 3.79. The molecule has 1 fully saturated rings. The monoisotopic (exact) mass is 239 g/mol. The summed E-state index contributed by atoms with van der Waals surface area (Å²) < 4.78 is 5.65. The summed E-state index contributed by atoms with van der Waals surface area (Å²) >= 11 is 6.05. The van der Waals surface area contributed by atoms with Gasteiger partial charge in [0.25, 0.3) is 0 Å². The van der Waals surface area contributed by atoms with Gasteiger partial charge in [0.1, 0.15) is 5.75 Å². The van der Waals surface area contributed by atoms with E-state index in [1.807, 2.05) is 25.1 Å². The van der Waals surface area contributed by atoms with Crippen molar-refractivity contribution in [2.75, 3.05) is 13.2 Å². The van der Waals surface area contributed by atoms with Crippen LogP contribution in [0.2, 0.25) is 5.02 Å². The molecule has 0 spiro atoms. The lowest BCUT2D eigenvalue weighted by atomic mass is 9.97. The van der Waals surface area contributed by atoms with Gasteiger partial charge in [0.05, 0.1) is 6.61 Å². The fraction of sp³-hybridized carbons (Fsp3) is 0.538. The molecule has 16 heavy (non-hydrogen) atoms. The Morgan fingerprint density at radius 3 is 3.00 bits per heavy atom. The van der Waals surface area contributed by atoms with Crippen LogP contribution in [0.25, 0.3) is 0 Å². The maximum absolute atomic E-state index is 6.05. The molecule has 0 radical (unpaired) electrons. The van der Waals surface area contributed by atoms with Crippen molar-refractivity contribution in [1.29, 1.82) is 0 Å². The number of hydrogen-bond donors (Lipinski definition) is 1. The number of benzene rings is 1. The topological polar surface area (TPSA) is 21.3 Å². The van der Waals surface area contributed by atoms with E-state index in [2.05, 4.69) is 5.32 Å². The molecule has 3 heteroatoms. The predicted octanol–water partition coefficient (Wildman–Crippen LogP) is 3.55. The standard InChI is InChI=1S/C13H18ClNO/c1-2-16-13-7-6-10(14)9-11(13)12-5-3-4-8-15-12/h6-7,9,12,15H,2-5,8H2,1H3/t12-/m1/s1. The highest BCUT2D eigenvalue weighted by Crippen LogP contribution is 2.32. The quantitative estimate of drug-likeness (QED) is 0.871. The van der Waals surface area contributed by atoms with Crippen molar-refractivity contribution in [2.45, 2.75) is 32.2 Å². The fourth-order valence-electron chi connectivity index (χ4n) is 2.20. The van der Waals surface area contributed by atoms with Crippen LogP contribution in [0.15, 0.2) is 18.2 Å². The summed E-state index contributed by atoms with van der Waals surface area (Å²) in [6, 6.07) is 6.28. The van der Waals surface area contributed by atoms with E-state index in [-0.39, 0.29) is 0 Å². The van der Waals surface area contributed by atoms with E-state index in [0.29, 0.717) is 12.6 Å². The van der Waals surface area contributed by atoms with Crippen molar-refractivity contribution in [3.05, 3.63) is 28.8 Å². The summed E-state index contributed by atoms with van der Waals surface area (Å²) in [5, 5.41) is 4.31. The first kappa shape index (κ1) is 11.7. The summed E-state index contributed by atoms with van der Waals surface area (Å²) in [5.41, 5.74) is 1.20. The number of piperidine rings is 1. The van der Waals surface area contributed by atoms with Gasteiger partial charge in [0, 0.05) is 16.6 Å². The molecule has 1 heterocycles. The number of ether oxygens (including phenoxy) is 1. The summed E-state index contributed by atoms with van der Waals surface area (Å²) in [6.07, 6.45) is 3.71. The van der Waals surface area contributed by atoms with Gasteiger partial charge in [-0.15, -0.1) is 0 Å². The minimum Gasteiger partial charge on any atom is -0.494 e. The van der Waals surface area contributed by atoms with Crippen LogP contribution in [0.5, 0.6) is 5.75 Å². The smallest absolute Gasteiger partial charge is 0.124 e. The van der Waals surface area contributed by atoms with E-state index < -0.39 is 0 Å². The molecule has 1 aliphatic rings. The van der Waals surface area contributed by atoms with Gasteiger partial charge >= 0.3 is 0 Å². The minimum atomic E-state index is 0.397. The molecule has 0 unspecified atom stereocenters. The Balaban J connectivity index is 2.24. The number of nitrogens with one attached hydrogen (secondary N) is 1. The molecule has 0 saturated carbocycles. The van der Waals surface area contributed by atoms with E-state index in [4.69, 9.17) is 16.3 Å². The molecule has 2 rings (SSSR count). The zero-order valence-electron chi connectivity index (χ0n) is 9.63. The molecule has 0 bridgehead atoms. The second kappa shape index (κ2) is 5.55. The SMILES string of the molecule is CCOc1ccc(Cl)cc1[C@H]1CCCCN1. The Hall–Kier alpha value is -0.730. The van der Waals surface area contributed by atoms with Crippen molar-refractivity contribution in [3.8, 4) is 5.75 Å². The van der Waals surface area contributed by atoms with Gasteiger partial charge in [-0.1, -0.05) is 18.0 Å². The fourth-order valence-corrected chi connectivity index (χ4v) is 2.38. The van der Waals surface area contributed by atoms with Crippen LogP contribution >= 0.6 is 11.6 Å². The molecule has 0 amide bonds. The zero-order valence-corrected chi connectivity index (χ0v) is 10.4. The molecule has 1 aromatic carbocycles. The highest BCUT2D eigenvalue weighted by Gasteiger charge is 2.18. The van der Waals surface area contributed by atoms with Crippen molar-refractivity contribution >= 4 is 11.6 Å². The largest absolute Gasteiger partial charge is 0.494 e. The Morgan fingerprint density at radius 2 is 2.31 bits per heavy atom. The van der Waals surface area contributed by atoms with Gasteiger partial charge in [-0.25, -0.2) is 0 Å². The van der Waals surface area contributed by atoms with Crippen LogP contribution in [0.4, 0.5) is 0 Å². The second-order valence-corrected chi connectivity index (χ2v) is 4.55. The van der Waals surface area contributed by atoms with Gasteiger partial charge in [0.2, 0.25) is 0 Å².